The summed E-state index contributed by atoms with van der Waals surface area (Å²) >= 11 is 9.23. The highest BCUT2D eigenvalue weighted by molar-refractivity contribution is 9.11. The van der Waals surface area contributed by atoms with Crippen molar-refractivity contribution in [1.29, 1.82) is 0 Å². The van der Waals surface area contributed by atoms with Crippen molar-refractivity contribution < 1.29 is 0 Å². The molecule has 2 aliphatic rings. The van der Waals surface area contributed by atoms with Gasteiger partial charge in [-0.2, -0.15) is 5.10 Å². The molecule has 3 nitrogen and oxygen atoms in total. The normalized spacial score (nSPS) is 28.2. The summed E-state index contributed by atoms with van der Waals surface area (Å²) in [5, 5.41) is 6.43. The molecule has 2 rings (SSSR count). The molecule has 0 aliphatic carbocycles. The van der Waals surface area contributed by atoms with Gasteiger partial charge < -0.3 is 0 Å². The summed E-state index contributed by atoms with van der Waals surface area (Å²) in [4.78, 5) is 3.90. The van der Waals surface area contributed by atoms with Gasteiger partial charge in [0.15, 0.2) is 0 Å². The summed E-state index contributed by atoms with van der Waals surface area (Å²) in [7, 11) is 0. The van der Waals surface area contributed by atoms with E-state index in [1.54, 1.807) is 5.01 Å². The van der Waals surface area contributed by atoms with Crippen LogP contribution in [0.5, 0.6) is 0 Å². The summed E-state index contributed by atoms with van der Waals surface area (Å²) in [6, 6.07) is 0.121. The van der Waals surface area contributed by atoms with Crippen molar-refractivity contribution in [3.63, 3.8) is 0 Å². The maximum Gasteiger partial charge on any atom is 0.137 e. The van der Waals surface area contributed by atoms with Gasteiger partial charge in [-0.05, 0) is 0 Å². The molecule has 1 unspecified atom stereocenters. The predicted molar refractivity (Wildman–Crippen MR) is 49.0 cm³/mol. The van der Waals surface area contributed by atoms with Crippen LogP contribution in [0.25, 0.3) is 0 Å². The molecule has 0 fully saturated rings. The van der Waals surface area contributed by atoms with Gasteiger partial charge in [0.25, 0.3) is 0 Å². The number of hydrogen-bond donors (Lipinski definition) is 0. The van der Waals surface area contributed by atoms with Crippen LogP contribution in [0.2, 0.25) is 0 Å². The third-order valence-electron chi connectivity index (χ3n) is 1.62. The van der Waals surface area contributed by atoms with Gasteiger partial charge in [0, 0.05) is 17.1 Å². The molecule has 0 aromatic rings. The van der Waals surface area contributed by atoms with E-state index < -0.39 is 0 Å². The minimum Gasteiger partial charge on any atom is -0.260 e. The average Bonchev–Trinajstić information content (AvgIpc) is 2.31. The van der Waals surface area contributed by atoms with Gasteiger partial charge in [-0.15, -0.1) is 0 Å². The maximum absolute atomic E-state index is 5.85. The van der Waals surface area contributed by atoms with Gasteiger partial charge in [0.05, 0.1) is 0 Å². The van der Waals surface area contributed by atoms with E-state index in [1.165, 1.54) is 6.34 Å². The van der Waals surface area contributed by atoms with Crippen LogP contribution in [0.15, 0.2) is 20.8 Å². The molecule has 0 spiro atoms. The molecular weight excluding hydrogens is 229 g/mol. The van der Waals surface area contributed by atoms with E-state index in [0.717, 1.165) is 10.9 Å². The van der Waals surface area contributed by atoms with E-state index in [1.807, 2.05) is 6.20 Å². The Morgan fingerprint density at radius 3 is 3.27 bits per heavy atom. The van der Waals surface area contributed by atoms with E-state index in [-0.39, 0.29) is 6.04 Å². The van der Waals surface area contributed by atoms with E-state index in [2.05, 4.69) is 26.0 Å². The van der Waals surface area contributed by atoms with Crippen molar-refractivity contribution in [1.82, 2.24) is 5.01 Å². The van der Waals surface area contributed by atoms with Crippen LogP contribution < -0.4 is 0 Å². The monoisotopic (exact) mass is 233 g/mol. The second kappa shape index (κ2) is 2.60. The fourth-order valence-corrected chi connectivity index (χ4v) is 1.84. The molecule has 2 heterocycles. The van der Waals surface area contributed by atoms with Crippen molar-refractivity contribution in [2.75, 3.05) is 0 Å². The molecule has 1 atom stereocenters. The van der Waals surface area contributed by atoms with Crippen LogP contribution in [0.3, 0.4) is 0 Å². The summed E-state index contributed by atoms with van der Waals surface area (Å²) < 4.78 is 1.11. The van der Waals surface area contributed by atoms with Gasteiger partial charge in [0.2, 0.25) is 0 Å². The molecule has 0 saturated carbocycles. The number of aliphatic imine (C=N–C) groups is 1. The largest absolute Gasteiger partial charge is 0.260 e. The van der Waals surface area contributed by atoms with Crippen molar-refractivity contribution in [3.05, 3.63) is 10.7 Å². The average molecular weight is 234 g/mol. The van der Waals surface area contributed by atoms with Crippen LogP contribution in [0.1, 0.15) is 6.42 Å². The highest BCUT2D eigenvalue weighted by Crippen LogP contribution is 2.29. The first-order chi connectivity index (χ1) is 5.27. The van der Waals surface area contributed by atoms with Crippen LogP contribution in [0, 0.1) is 0 Å². The van der Waals surface area contributed by atoms with Gasteiger partial charge >= 0.3 is 0 Å². The zero-order chi connectivity index (χ0) is 7.84. The number of hydrogen-bond acceptors (Lipinski definition) is 3. The quantitative estimate of drug-likeness (QED) is 0.629. The molecule has 0 aromatic carbocycles. The summed E-state index contributed by atoms with van der Waals surface area (Å²) in [5.41, 5.74) is 0. The molecular formula is C6H5BrClN3. The SMILES string of the molecule is ClC1=NC=NN2C=C(Br)CC12. The first-order valence-electron chi connectivity index (χ1n) is 3.17. The highest BCUT2D eigenvalue weighted by Gasteiger charge is 2.28. The zero-order valence-electron chi connectivity index (χ0n) is 5.54. The molecule has 2 aliphatic heterocycles. The van der Waals surface area contributed by atoms with Gasteiger partial charge in [-0.1, -0.05) is 27.5 Å². The Labute approximate surface area is 77.6 Å². The Hall–Kier alpha value is -0.350. The summed E-state index contributed by atoms with van der Waals surface area (Å²) in [5.74, 6) is 0. The lowest BCUT2D eigenvalue weighted by Crippen LogP contribution is -2.30. The van der Waals surface area contributed by atoms with Crippen LogP contribution >= 0.6 is 27.5 Å². The van der Waals surface area contributed by atoms with Gasteiger partial charge in [-0.3, -0.25) is 5.01 Å². The molecule has 0 bridgehead atoms. The van der Waals surface area contributed by atoms with Gasteiger partial charge in [0.1, 0.15) is 17.6 Å². The minimum absolute atomic E-state index is 0.121. The predicted octanol–water partition coefficient (Wildman–Crippen LogP) is 1.89. The number of rotatable bonds is 0. The second-order valence-electron chi connectivity index (χ2n) is 2.36. The molecule has 0 N–H and O–H groups in total. The lowest BCUT2D eigenvalue weighted by atomic mass is 10.2. The summed E-state index contributed by atoms with van der Waals surface area (Å²) in [6.07, 6.45) is 4.23. The van der Waals surface area contributed by atoms with Gasteiger partial charge in [-0.25, -0.2) is 4.99 Å². The molecule has 58 valence electrons. The Morgan fingerprint density at radius 1 is 1.73 bits per heavy atom. The summed E-state index contributed by atoms with van der Waals surface area (Å²) in [6.45, 7) is 0. The third-order valence-corrected chi connectivity index (χ3v) is 2.50. The van der Waals surface area contributed by atoms with E-state index in [9.17, 15) is 0 Å². The van der Waals surface area contributed by atoms with Crippen molar-refractivity contribution in [3.8, 4) is 0 Å². The lowest BCUT2D eigenvalue weighted by Gasteiger charge is -2.20. The van der Waals surface area contributed by atoms with Crippen LogP contribution in [-0.2, 0) is 0 Å². The van der Waals surface area contributed by atoms with Crippen LogP contribution in [-0.4, -0.2) is 22.6 Å². The molecule has 0 amide bonds. The van der Waals surface area contributed by atoms with Crippen LogP contribution in [0.4, 0.5) is 0 Å². The van der Waals surface area contributed by atoms with Crippen molar-refractivity contribution in [2.45, 2.75) is 12.5 Å². The topological polar surface area (TPSA) is 28.0 Å². The second-order valence-corrected chi connectivity index (χ2v) is 3.76. The highest BCUT2D eigenvalue weighted by atomic mass is 79.9. The molecule has 0 saturated heterocycles. The number of halogens is 2. The Balaban J connectivity index is 2.28. The van der Waals surface area contributed by atoms with E-state index in [4.69, 9.17) is 11.6 Å². The van der Waals surface area contributed by atoms with E-state index in [0.29, 0.717) is 5.17 Å². The fourth-order valence-electron chi connectivity index (χ4n) is 1.10. The standard InChI is InChI=1S/C6H5BrClN3/c7-4-1-5-6(8)9-3-10-11(5)2-4/h2-3,5H,1H2. The van der Waals surface area contributed by atoms with Crippen molar-refractivity contribution in [2.24, 2.45) is 10.1 Å². The number of nitrogens with zero attached hydrogens (tertiary/aromatic N) is 3. The number of hydrazone groups is 1. The zero-order valence-corrected chi connectivity index (χ0v) is 7.88. The number of fused-ring (bicyclic) bond motifs is 1. The first kappa shape index (κ1) is 7.31. The minimum atomic E-state index is 0.121. The first-order valence-corrected chi connectivity index (χ1v) is 4.34. The van der Waals surface area contributed by atoms with Crippen molar-refractivity contribution >= 4 is 39.0 Å². The third kappa shape index (κ3) is 1.20. The maximum atomic E-state index is 5.85. The fraction of sp³-hybridized carbons (Fsp3) is 0.333. The Bertz CT molecular complexity index is 271. The molecule has 0 radical (unpaired) electrons. The smallest absolute Gasteiger partial charge is 0.137 e. The lowest BCUT2D eigenvalue weighted by molar-refractivity contribution is 0.381. The Morgan fingerprint density at radius 2 is 2.55 bits per heavy atom. The molecule has 11 heavy (non-hydrogen) atoms. The van der Waals surface area contributed by atoms with E-state index >= 15 is 0 Å². The molecule has 5 heteroatoms. The Kier molecular flexibility index (Phi) is 1.73. The molecule has 0 aromatic heterocycles.